The molecule has 1 aromatic heterocycles. The summed E-state index contributed by atoms with van der Waals surface area (Å²) < 4.78 is 20.9. The molecule has 0 aliphatic heterocycles. The van der Waals surface area contributed by atoms with Crippen LogP contribution in [0, 0.1) is 0 Å². The van der Waals surface area contributed by atoms with Gasteiger partial charge in [-0.15, -0.1) is 0 Å². The number of halogens is 1. The Bertz CT molecular complexity index is 953. The number of benzene rings is 2. The van der Waals surface area contributed by atoms with Gasteiger partial charge in [0, 0.05) is 16.7 Å². The van der Waals surface area contributed by atoms with Gasteiger partial charge in [-0.1, -0.05) is 28.9 Å². The summed E-state index contributed by atoms with van der Waals surface area (Å²) in [4.78, 5) is 12.4. The Balaban J connectivity index is 2.06. The number of hydrogen-bond donors (Lipinski definition) is 1. The fourth-order valence-electron chi connectivity index (χ4n) is 2.51. The molecule has 0 bridgehead atoms. The summed E-state index contributed by atoms with van der Waals surface area (Å²) in [7, 11) is 4.38. The lowest BCUT2D eigenvalue weighted by Crippen LogP contribution is -2.05. The van der Waals surface area contributed by atoms with Crippen molar-refractivity contribution in [2.75, 3.05) is 26.6 Å². The minimum absolute atomic E-state index is 0.123. The van der Waals surface area contributed by atoms with Crippen molar-refractivity contribution in [3.05, 3.63) is 53.1 Å². The van der Waals surface area contributed by atoms with Gasteiger partial charge < -0.3 is 24.1 Å². The van der Waals surface area contributed by atoms with Crippen molar-refractivity contribution in [2.45, 2.75) is 0 Å². The molecule has 0 saturated heterocycles. The van der Waals surface area contributed by atoms with Crippen LogP contribution in [-0.2, 0) is 4.74 Å². The Labute approximate surface area is 160 Å². The lowest BCUT2D eigenvalue weighted by Gasteiger charge is -2.11. The van der Waals surface area contributed by atoms with Gasteiger partial charge in [-0.3, -0.25) is 0 Å². The van der Waals surface area contributed by atoms with E-state index < -0.39 is 5.97 Å². The van der Waals surface area contributed by atoms with E-state index in [1.165, 1.54) is 14.2 Å². The van der Waals surface area contributed by atoms with E-state index in [-0.39, 0.29) is 11.4 Å². The summed E-state index contributed by atoms with van der Waals surface area (Å²) in [5, 5.41) is 7.62. The predicted molar refractivity (Wildman–Crippen MR) is 101 cm³/mol. The molecule has 0 radical (unpaired) electrons. The highest BCUT2D eigenvalue weighted by Crippen LogP contribution is 2.36. The monoisotopic (exact) mass is 388 g/mol. The van der Waals surface area contributed by atoms with Gasteiger partial charge in [0.15, 0.2) is 5.56 Å². The molecule has 3 aromatic rings. The molecule has 0 unspecified atom stereocenters. The molecule has 3 rings (SSSR count). The third-order valence-corrected chi connectivity index (χ3v) is 4.11. The zero-order valence-electron chi connectivity index (χ0n) is 14.9. The lowest BCUT2D eigenvalue weighted by atomic mass is 10.1. The summed E-state index contributed by atoms with van der Waals surface area (Å²) in [6, 6.07) is 12.1. The second-order valence-corrected chi connectivity index (χ2v) is 5.86. The molecule has 2 aromatic carbocycles. The molecule has 1 N–H and O–H groups in total. The molecular formula is C19H17ClN2O5. The third-order valence-electron chi connectivity index (χ3n) is 3.85. The quantitative estimate of drug-likeness (QED) is 0.620. The zero-order valence-corrected chi connectivity index (χ0v) is 15.7. The first-order valence-electron chi connectivity index (χ1n) is 7.90. The largest absolute Gasteiger partial charge is 0.497 e. The number of ether oxygens (including phenoxy) is 3. The standard InChI is InChI=1S/C19H17ClN2O5/c1-24-13-8-9-15(25-2)14(10-13)21-18-16(19(23)26-3)17(22-27-18)11-4-6-12(20)7-5-11/h4-10,21H,1-3H3. The van der Waals surface area contributed by atoms with Crippen molar-refractivity contribution in [3.63, 3.8) is 0 Å². The highest BCUT2D eigenvalue weighted by Gasteiger charge is 2.26. The molecule has 0 aliphatic rings. The second-order valence-electron chi connectivity index (χ2n) is 5.42. The normalized spacial score (nSPS) is 10.4. The van der Waals surface area contributed by atoms with Crippen molar-refractivity contribution in [2.24, 2.45) is 0 Å². The highest BCUT2D eigenvalue weighted by atomic mass is 35.5. The van der Waals surface area contributed by atoms with E-state index >= 15 is 0 Å². The maximum Gasteiger partial charge on any atom is 0.345 e. The highest BCUT2D eigenvalue weighted by molar-refractivity contribution is 6.30. The van der Waals surface area contributed by atoms with E-state index in [0.717, 1.165) is 0 Å². The molecule has 0 fully saturated rings. The number of hydrogen-bond acceptors (Lipinski definition) is 7. The van der Waals surface area contributed by atoms with Crippen LogP contribution in [0.4, 0.5) is 11.6 Å². The first-order valence-corrected chi connectivity index (χ1v) is 8.28. The number of methoxy groups -OCH3 is 3. The van der Waals surface area contributed by atoms with Gasteiger partial charge in [0.2, 0.25) is 5.88 Å². The van der Waals surface area contributed by atoms with Crippen LogP contribution < -0.4 is 14.8 Å². The van der Waals surface area contributed by atoms with Crippen molar-refractivity contribution in [1.82, 2.24) is 5.16 Å². The Kier molecular flexibility index (Phi) is 5.52. The van der Waals surface area contributed by atoms with Gasteiger partial charge in [-0.2, -0.15) is 0 Å². The zero-order chi connectivity index (χ0) is 19.4. The number of esters is 1. The third kappa shape index (κ3) is 3.83. The Morgan fingerprint density at radius 3 is 2.44 bits per heavy atom. The summed E-state index contributed by atoms with van der Waals surface area (Å²) >= 11 is 5.93. The lowest BCUT2D eigenvalue weighted by molar-refractivity contribution is 0.0602. The molecule has 0 aliphatic carbocycles. The Morgan fingerprint density at radius 2 is 1.81 bits per heavy atom. The van der Waals surface area contributed by atoms with Gasteiger partial charge in [0.25, 0.3) is 0 Å². The molecule has 8 heteroatoms. The molecule has 140 valence electrons. The van der Waals surface area contributed by atoms with E-state index in [1.54, 1.807) is 49.6 Å². The summed E-state index contributed by atoms with van der Waals surface area (Å²) in [6.45, 7) is 0. The number of anilines is 2. The van der Waals surface area contributed by atoms with Crippen LogP contribution in [0.3, 0.4) is 0 Å². The minimum Gasteiger partial charge on any atom is -0.497 e. The summed E-state index contributed by atoms with van der Waals surface area (Å²) in [6.07, 6.45) is 0. The molecule has 7 nitrogen and oxygen atoms in total. The van der Waals surface area contributed by atoms with E-state index in [4.69, 9.17) is 30.3 Å². The van der Waals surface area contributed by atoms with E-state index in [1.807, 2.05) is 0 Å². The van der Waals surface area contributed by atoms with Gasteiger partial charge in [-0.25, -0.2) is 4.79 Å². The maximum absolute atomic E-state index is 12.4. The van der Waals surface area contributed by atoms with Gasteiger partial charge in [0.05, 0.1) is 27.0 Å². The maximum atomic E-state index is 12.4. The number of nitrogens with zero attached hydrogens (tertiary/aromatic N) is 1. The van der Waals surface area contributed by atoms with Gasteiger partial charge in [0.1, 0.15) is 17.2 Å². The number of nitrogens with one attached hydrogen (secondary N) is 1. The molecule has 0 atom stereocenters. The molecule has 0 saturated carbocycles. The first kappa shape index (κ1) is 18.6. The molecule has 27 heavy (non-hydrogen) atoms. The van der Waals surface area contributed by atoms with E-state index in [9.17, 15) is 4.79 Å². The number of aromatic nitrogens is 1. The molecular weight excluding hydrogens is 372 g/mol. The van der Waals surface area contributed by atoms with Crippen LogP contribution >= 0.6 is 11.6 Å². The van der Waals surface area contributed by atoms with Crippen LogP contribution in [0.1, 0.15) is 10.4 Å². The molecule has 1 heterocycles. The summed E-state index contributed by atoms with van der Waals surface area (Å²) in [5.41, 5.74) is 1.70. The van der Waals surface area contributed by atoms with Crippen LogP contribution in [0.2, 0.25) is 5.02 Å². The Hall–Kier alpha value is -3.19. The van der Waals surface area contributed by atoms with Crippen molar-refractivity contribution < 1.29 is 23.5 Å². The topological polar surface area (TPSA) is 82.8 Å². The summed E-state index contributed by atoms with van der Waals surface area (Å²) in [5.74, 6) is 0.676. The Morgan fingerprint density at radius 1 is 1.07 bits per heavy atom. The van der Waals surface area contributed by atoms with Crippen LogP contribution in [0.25, 0.3) is 11.3 Å². The second kappa shape index (κ2) is 8.01. The van der Waals surface area contributed by atoms with Crippen LogP contribution in [0.5, 0.6) is 11.5 Å². The van der Waals surface area contributed by atoms with Crippen LogP contribution in [-0.4, -0.2) is 32.5 Å². The van der Waals surface area contributed by atoms with Crippen molar-refractivity contribution in [3.8, 4) is 22.8 Å². The smallest absolute Gasteiger partial charge is 0.345 e. The van der Waals surface area contributed by atoms with Crippen molar-refractivity contribution in [1.29, 1.82) is 0 Å². The van der Waals surface area contributed by atoms with Gasteiger partial charge in [-0.05, 0) is 24.3 Å². The SMILES string of the molecule is COC(=O)c1c(-c2ccc(Cl)cc2)noc1Nc1cc(OC)ccc1OC. The average molecular weight is 389 g/mol. The van der Waals surface area contributed by atoms with Crippen molar-refractivity contribution >= 4 is 29.1 Å². The number of carbonyl (C=O) groups is 1. The fourth-order valence-corrected chi connectivity index (χ4v) is 2.63. The first-order chi connectivity index (χ1) is 13.1. The number of rotatable bonds is 6. The van der Waals surface area contributed by atoms with E-state index in [0.29, 0.717) is 33.5 Å². The fraction of sp³-hybridized carbons (Fsp3) is 0.158. The van der Waals surface area contributed by atoms with Gasteiger partial charge >= 0.3 is 5.97 Å². The average Bonchev–Trinajstić information content (AvgIpc) is 3.11. The molecule has 0 spiro atoms. The number of carbonyl (C=O) groups excluding carboxylic acids is 1. The minimum atomic E-state index is -0.592. The van der Waals surface area contributed by atoms with Crippen LogP contribution in [0.15, 0.2) is 47.0 Å². The molecule has 0 amide bonds. The van der Waals surface area contributed by atoms with E-state index in [2.05, 4.69) is 10.5 Å². The predicted octanol–water partition coefficient (Wildman–Crippen LogP) is 4.54.